The van der Waals surface area contributed by atoms with E-state index in [0.717, 1.165) is 11.1 Å². The molecule has 5 heteroatoms. The number of rotatable bonds is 7. The molecule has 0 unspecified atom stereocenters. The third kappa shape index (κ3) is 5.02. The zero-order chi connectivity index (χ0) is 17.5. The molecule has 0 spiro atoms. The van der Waals surface area contributed by atoms with Crippen molar-refractivity contribution in [1.29, 1.82) is 0 Å². The van der Waals surface area contributed by atoms with Gasteiger partial charge in [0, 0.05) is 28.1 Å². The second kappa shape index (κ2) is 8.76. The van der Waals surface area contributed by atoms with Crippen molar-refractivity contribution in [3.63, 3.8) is 0 Å². The molecule has 0 aliphatic rings. The van der Waals surface area contributed by atoms with Crippen molar-refractivity contribution in [3.05, 3.63) is 69.7 Å². The SMILES string of the molecule is COc1ccc(CC(=O)/C=C/Cc2ccc(Cl)cc2Cl)c(OC)c1. The fourth-order valence-corrected chi connectivity index (χ4v) is 2.73. The Labute approximate surface area is 151 Å². The highest BCUT2D eigenvalue weighted by molar-refractivity contribution is 6.35. The molecule has 126 valence electrons. The van der Waals surface area contributed by atoms with E-state index in [2.05, 4.69) is 0 Å². The summed E-state index contributed by atoms with van der Waals surface area (Å²) in [6.07, 6.45) is 4.20. The molecule has 2 rings (SSSR count). The summed E-state index contributed by atoms with van der Waals surface area (Å²) in [4.78, 5) is 12.1. The van der Waals surface area contributed by atoms with Crippen LogP contribution in [0.4, 0.5) is 0 Å². The average Bonchev–Trinajstić information content (AvgIpc) is 2.57. The fraction of sp³-hybridized carbons (Fsp3) is 0.211. The Hall–Kier alpha value is -1.97. The Morgan fingerprint density at radius 3 is 2.46 bits per heavy atom. The van der Waals surface area contributed by atoms with E-state index >= 15 is 0 Å². The molecule has 0 radical (unpaired) electrons. The normalized spacial score (nSPS) is 10.8. The number of benzene rings is 2. The first kappa shape index (κ1) is 18.4. The number of ketones is 1. The monoisotopic (exact) mass is 364 g/mol. The first-order valence-corrected chi connectivity index (χ1v) is 8.13. The van der Waals surface area contributed by atoms with E-state index in [0.29, 0.717) is 28.0 Å². The van der Waals surface area contributed by atoms with Gasteiger partial charge < -0.3 is 9.47 Å². The van der Waals surface area contributed by atoms with Crippen LogP contribution < -0.4 is 9.47 Å². The molecule has 0 aliphatic carbocycles. The maximum Gasteiger partial charge on any atom is 0.159 e. The summed E-state index contributed by atoms with van der Waals surface area (Å²) < 4.78 is 10.5. The lowest BCUT2D eigenvalue weighted by molar-refractivity contribution is -0.114. The molecule has 0 aromatic heterocycles. The van der Waals surface area contributed by atoms with Gasteiger partial charge in [-0.15, -0.1) is 0 Å². The minimum atomic E-state index is -0.0106. The van der Waals surface area contributed by atoms with Crippen molar-refractivity contribution in [2.24, 2.45) is 0 Å². The maximum atomic E-state index is 12.1. The lowest BCUT2D eigenvalue weighted by Crippen LogP contribution is -2.01. The minimum Gasteiger partial charge on any atom is -0.497 e. The Morgan fingerprint density at radius 1 is 1.04 bits per heavy atom. The van der Waals surface area contributed by atoms with Gasteiger partial charge in [0.25, 0.3) is 0 Å². The predicted octanol–water partition coefficient (Wildman–Crippen LogP) is 4.92. The number of ether oxygens (including phenoxy) is 2. The van der Waals surface area contributed by atoms with Crippen LogP contribution in [0.1, 0.15) is 11.1 Å². The smallest absolute Gasteiger partial charge is 0.159 e. The molecule has 0 amide bonds. The van der Waals surface area contributed by atoms with E-state index in [1.54, 1.807) is 44.6 Å². The van der Waals surface area contributed by atoms with E-state index in [9.17, 15) is 4.79 Å². The van der Waals surface area contributed by atoms with Gasteiger partial charge in [-0.3, -0.25) is 4.79 Å². The van der Waals surface area contributed by atoms with E-state index in [4.69, 9.17) is 32.7 Å². The molecular weight excluding hydrogens is 347 g/mol. The molecule has 0 saturated heterocycles. The van der Waals surface area contributed by atoms with Gasteiger partial charge in [0.15, 0.2) is 5.78 Å². The predicted molar refractivity (Wildman–Crippen MR) is 97.6 cm³/mol. The molecule has 0 heterocycles. The molecule has 0 atom stereocenters. The third-order valence-corrected chi connectivity index (χ3v) is 4.10. The highest BCUT2D eigenvalue weighted by Crippen LogP contribution is 2.25. The van der Waals surface area contributed by atoms with Gasteiger partial charge in [-0.25, -0.2) is 0 Å². The molecule has 0 aliphatic heterocycles. The number of carbonyl (C=O) groups is 1. The molecule has 0 fully saturated rings. The highest BCUT2D eigenvalue weighted by atomic mass is 35.5. The van der Waals surface area contributed by atoms with Crippen molar-refractivity contribution in [2.45, 2.75) is 12.8 Å². The summed E-state index contributed by atoms with van der Waals surface area (Å²) in [6, 6.07) is 10.7. The Bertz CT molecular complexity index is 754. The van der Waals surface area contributed by atoms with Gasteiger partial charge in [0.05, 0.1) is 14.2 Å². The van der Waals surface area contributed by atoms with Gasteiger partial charge >= 0.3 is 0 Å². The van der Waals surface area contributed by atoms with Crippen molar-refractivity contribution in [3.8, 4) is 11.5 Å². The average molecular weight is 365 g/mol. The highest BCUT2D eigenvalue weighted by Gasteiger charge is 2.08. The van der Waals surface area contributed by atoms with Gasteiger partial charge in [0.1, 0.15) is 11.5 Å². The van der Waals surface area contributed by atoms with Crippen LogP contribution in [0.5, 0.6) is 11.5 Å². The lowest BCUT2D eigenvalue weighted by Gasteiger charge is -2.09. The summed E-state index contributed by atoms with van der Waals surface area (Å²) in [7, 11) is 3.16. The van der Waals surface area contributed by atoms with Gasteiger partial charge in [-0.1, -0.05) is 41.4 Å². The summed E-state index contributed by atoms with van der Waals surface area (Å²) in [6.45, 7) is 0. The number of halogens is 2. The molecule has 0 saturated carbocycles. The number of carbonyl (C=O) groups excluding carboxylic acids is 1. The summed E-state index contributed by atoms with van der Waals surface area (Å²) in [5.74, 6) is 1.32. The van der Waals surface area contributed by atoms with Crippen LogP contribution in [-0.4, -0.2) is 20.0 Å². The van der Waals surface area contributed by atoms with Crippen LogP contribution in [0.15, 0.2) is 48.6 Å². The molecule has 0 bridgehead atoms. The standard InChI is InChI=1S/C19H18Cl2O3/c1-23-17-9-7-14(19(12-17)24-2)10-16(22)5-3-4-13-6-8-15(20)11-18(13)21/h3,5-9,11-12H,4,10H2,1-2H3/b5-3+. The first-order valence-electron chi connectivity index (χ1n) is 7.37. The fourth-order valence-electron chi connectivity index (χ4n) is 2.25. The van der Waals surface area contributed by atoms with Gasteiger partial charge in [-0.2, -0.15) is 0 Å². The van der Waals surface area contributed by atoms with E-state index in [1.807, 2.05) is 18.2 Å². The lowest BCUT2D eigenvalue weighted by atomic mass is 10.1. The molecule has 24 heavy (non-hydrogen) atoms. The van der Waals surface area contributed by atoms with Crippen LogP contribution in [0.2, 0.25) is 10.0 Å². The molecular formula is C19H18Cl2O3. The second-order valence-corrected chi connectivity index (χ2v) is 6.01. The number of methoxy groups -OCH3 is 2. The largest absolute Gasteiger partial charge is 0.497 e. The number of hydrogen-bond donors (Lipinski definition) is 0. The first-order chi connectivity index (χ1) is 11.5. The molecule has 2 aromatic rings. The van der Waals surface area contributed by atoms with E-state index in [1.165, 1.54) is 0 Å². The summed E-state index contributed by atoms with van der Waals surface area (Å²) in [5.41, 5.74) is 1.74. The third-order valence-electron chi connectivity index (χ3n) is 3.52. The van der Waals surface area contributed by atoms with Crippen molar-refractivity contribution in [2.75, 3.05) is 14.2 Å². The Morgan fingerprint density at radius 2 is 1.79 bits per heavy atom. The zero-order valence-corrected chi connectivity index (χ0v) is 15.0. The van der Waals surface area contributed by atoms with Crippen LogP contribution in [0.3, 0.4) is 0 Å². The Balaban J connectivity index is 2.00. The van der Waals surface area contributed by atoms with E-state index in [-0.39, 0.29) is 12.2 Å². The van der Waals surface area contributed by atoms with Crippen molar-refractivity contribution >= 4 is 29.0 Å². The van der Waals surface area contributed by atoms with Crippen LogP contribution in [0.25, 0.3) is 0 Å². The molecule has 2 aromatic carbocycles. The summed E-state index contributed by atoms with van der Waals surface area (Å²) >= 11 is 12.0. The number of allylic oxidation sites excluding steroid dienone is 2. The van der Waals surface area contributed by atoms with Crippen molar-refractivity contribution in [1.82, 2.24) is 0 Å². The maximum absolute atomic E-state index is 12.1. The van der Waals surface area contributed by atoms with Crippen LogP contribution in [0, 0.1) is 0 Å². The molecule has 0 N–H and O–H groups in total. The Kier molecular flexibility index (Phi) is 6.71. The van der Waals surface area contributed by atoms with Crippen LogP contribution >= 0.6 is 23.2 Å². The number of hydrogen-bond acceptors (Lipinski definition) is 3. The topological polar surface area (TPSA) is 35.5 Å². The molecule has 3 nitrogen and oxygen atoms in total. The quantitative estimate of drug-likeness (QED) is 0.654. The van der Waals surface area contributed by atoms with E-state index < -0.39 is 0 Å². The minimum absolute atomic E-state index is 0.0106. The zero-order valence-electron chi connectivity index (χ0n) is 13.5. The summed E-state index contributed by atoms with van der Waals surface area (Å²) in [5, 5.41) is 1.19. The van der Waals surface area contributed by atoms with Gasteiger partial charge in [0.2, 0.25) is 0 Å². The van der Waals surface area contributed by atoms with Gasteiger partial charge in [-0.05, 0) is 36.3 Å². The van der Waals surface area contributed by atoms with Crippen molar-refractivity contribution < 1.29 is 14.3 Å². The van der Waals surface area contributed by atoms with Crippen LogP contribution in [-0.2, 0) is 17.6 Å². The second-order valence-electron chi connectivity index (χ2n) is 5.16.